The van der Waals surface area contributed by atoms with Crippen LogP contribution in [0.1, 0.15) is 28.4 Å². The summed E-state index contributed by atoms with van der Waals surface area (Å²) in [6, 6.07) is 13.8. The zero-order valence-corrected chi connectivity index (χ0v) is 15.0. The maximum absolute atomic E-state index is 13.1. The van der Waals surface area contributed by atoms with E-state index in [1.165, 1.54) is 11.1 Å². The van der Waals surface area contributed by atoms with Crippen molar-refractivity contribution >= 4 is 11.7 Å². The second kappa shape index (κ2) is 6.67. The van der Waals surface area contributed by atoms with Gasteiger partial charge in [-0.3, -0.25) is 4.98 Å². The molecule has 132 valence electrons. The fourth-order valence-electron chi connectivity index (χ4n) is 3.51. The molecule has 4 rings (SSSR count). The van der Waals surface area contributed by atoms with Crippen LogP contribution < -0.4 is 5.32 Å². The van der Waals surface area contributed by atoms with Crippen molar-refractivity contribution in [2.24, 2.45) is 0 Å². The largest absolute Gasteiger partial charge is 0.348 e. The monoisotopic (exact) mass is 346 g/mol. The minimum absolute atomic E-state index is 0.0884. The minimum atomic E-state index is -0.140. The molecule has 0 radical (unpaired) electrons. The van der Waals surface area contributed by atoms with Gasteiger partial charge in [0.2, 0.25) is 0 Å². The fourth-order valence-corrected chi connectivity index (χ4v) is 3.51. The Hall–Kier alpha value is -3.08. The maximum Gasteiger partial charge on any atom is 0.322 e. The first kappa shape index (κ1) is 16.4. The van der Waals surface area contributed by atoms with Gasteiger partial charge in [-0.15, -0.1) is 0 Å². The van der Waals surface area contributed by atoms with Crippen molar-refractivity contribution in [2.45, 2.75) is 26.4 Å². The van der Waals surface area contributed by atoms with Crippen LogP contribution in [-0.4, -0.2) is 27.0 Å². The van der Waals surface area contributed by atoms with Crippen LogP contribution in [0.4, 0.5) is 10.5 Å². The van der Waals surface area contributed by atoms with Gasteiger partial charge in [0.05, 0.1) is 0 Å². The molecule has 0 saturated carbocycles. The highest BCUT2D eigenvalue weighted by molar-refractivity contribution is 5.90. The lowest BCUT2D eigenvalue weighted by molar-refractivity contribution is 0.181. The standard InChI is InChI=1S/C21H22N4O/c1-15-7-8-18(13-16(15)2)23-21(26)25-12-11-24-10-4-6-19(24)20(25)17-5-3-9-22-14-17/h3-10,13-14,20H,11-12H2,1-2H3,(H,23,26)/t20-/m0/s1. The summed E-state index contributed by atoms with van der Waals surface area (Å²) in [7, 11) is 0. The van der Waals surface area contributed by atoms with Crippen molar-refractivity contribution in [2.75, 3.05) is 11.9 Å². The van der Waals surface area contributed by atoms with Gasteiger partial charge in [0.25, 0.3) is 0 Å². The minimum Gasteiger partial charge on any atom is -0.348 e. The number of urea groups is 1. The third-order valence-electron chi connectivity index (χ3n) is 5.06. The van der Waals surface area contributed by atoms with Gasteiger partial charge in [0.15, 0.2) is 0 Å². The number of nitrogens with one attached hydrogen (secondary N) is 1. The van der Waals surface area contributed by atoms with Crippen molar-refractivity contribution in [1.29, 1.82) is 0 Å². The van der Waals surface area contributed by atoms with E-state index in [0.717, 1.165) is 23.5 Å². The lowest BCUT2D eigenvalue weighted by Crippen LogP contribution is -2.44. The topological polar surface area (TPSA) is 50.2 Å². The van der Waals surface area contributed by atoms with Crippen LogP contribution in [0.15, 0.2) is 61.1 Å². The van der Waals surface area contributed by atoms with E-state index in [9.17, 15) is 4.79 Å². The summed E-state index contributed by atoms with van der Waals surface area (Å²) in [4.78, 5) is 19.2. The molecule has 0 spiro atoms. The van der Waals surface area contributed by atoms with Crippen LogP contribution in [0.25, 0.3) is 0 Å². The van der Waals surface area contributed by atoms with Crippen molar-refractivity contribution in [3.8, 4) is 0 Å². The van der Waals surface area contributed by atoms with E-state index in [1.54, 1.807) is 6.20 Å². The molecule has 3 heterocycles. The van der Waals surface area contributed by atoms with Gasteiger partial charge in [-0.05, 0) is 60.9 Å². The number of hydrogen-bond donors (Lipinski definition) is 1. The Balaban J connectivity index is 1.65. The average Bonchev–Trinajstić information content (AvgIpc) is 3.13. The van der Waals surface area contributed by atoms with Crippen LogP contribution in [-0.2, 0) is 6.54 Å². The lowest BCUT2D eigenvalue weighted by atomic mass is 10.0. The maximum atomic E-state index is 13.1. The zero-order chi connectivity index (χ0) is 18.1. The van der Waals surface area contributed by atoms with Crippen molar-refractivity contribution in [1.82, 2.24) is 14.5 Å². The number of hydrogen-bond acceptors (Lipinski definition) is 2. The lowest BCUT2D eigenvalue weighted by Gasteiger charge is -2.37. The fraction of sp³-hybridized carbons (Fsp3) is 0.238. The number of fused-ring (bicyclic) bond motifs is 1. The summed E-state index contributed by atoms with van der Waals surface area (Å²) in [6.45, 7) is 5.56. The first-order valence-electron chi connectivity index (χ1n) is 8.83. The summed E-state index contributed by atoms with van der Waals surface area (Å²) in [5, 5.41) is 3.06. The first-order chi connectivity index (χ1) is 12.6. The number of nitrogens with zero attached hydrogens (tertiary/aromatic N) is 3. The molecule has 0 fully saturated rings. The predicted molar refractivity (Wildman–Crippen MR) is 102 cm³/mol. The third-order valence-corrected chi connectivity index (χ3v) is 5.06. The Morgan fingerprint density at radius 2 is 2.00 bits per heavy atom. The van der Waals surface area contributed by atoms with Gasteiger partial charge in [0.1, 0.15) is 6.04 Å². The van der Waals surface area contributed by atoms with E-state index in [-0.39, 0.29) is 12.1 Å². The molecule has 26 heavy (non-hydrogen) atoms. The van der Waals surface area contributed by atoms with Crippen LogP contribution >= 0.6 is 0 Å². The predicted octanol–water partition coefficient (Wildman–Crippen LogP) is 4.14. The Morgan fingerprint density at radius 1 is 1.12 bits per heavy atom. The number of carbonyl (C=O) groups excluding carboxylic acids is 1. The van der Waals surface area contributed by atoms with Crippen molar-refractivity contribution < 1.29 is 4.79 Å². The molecule has 3 aromatic rings. The quantitative estimate of drug-likeness (QED) is 0.758. The number of aryl methyl sites for hydroxylation is 2. The zero-order valence-electron chi connectivity index (χ0n) is 15.0. The SMILES string of the molecule is Cc1ccc(NC(=O)N2CCn3cccc3[C@@H]2c2cccnc2)cc1C. The highest BCUT2D eigenvalue weighted by atomic mass is 16.2. The number of pyridine rings is 1. The molecule has 2 amide bonds. The van der Waals surface area contributed by atoms with Gasteiger partial charge in [-0.25, -0.2) is 4.79 Å². The molecule has 1 N–H and O–H groups in total. The highest BCUT2D eigenvalue weighted by Gasteiger charge is 2.32. The molecule has 5 nitrogen and oxygen atoms in total. The molecule has 0 unspecified atom stereocenters. The Labute approximate surface area is 153 Å². The molecule has 1 aliphatic heterocycles. The molecule has 0 aliphatic carbocycles. The molecule has 5 heteroatoms. The van der Waals surface area contributed by atoms with E-state index in [2.05, 4.69) is 41.0 Å². The Bertz CT molecular complexity index is 932. The number of anilines is 1. The molecular formula is C21H22N4O. The summed E-state index contributed by atoms with van der Waals surface area (Å²) in [5.41, 5.74) is 5.33. The van der Waals surface area contributed by atoms with Crippen LogP contribution in [0.5, 0.6) is 0 Å². The summed E-state index contributed by atoms with van der Waals surface area (Å²) in [5.74, 6) is 0. The van der Waals surface area contributed by atoms with E-state index in [4.69, 9.17) is 0 Å². The number of rotatable bonds is 2. The van der Waals surface area contributed by atoms with E-state index < -0.39 is 0 Å². The number of carbonyl (C=O) groups is 1. The number of benzene rings is 1. The Kier molecular flexibility index (Phi) is 4.21. The number of aromatic nitrogens is 2. The van der Waals surface area contributed by atoms with Crippen LogP contribution in [0, 0.1) is 13.8 Å². The molecular weight excluding hydrogens is 324 g/mol. The van der Waals surface area contributed by atoms with Gasteiger partial charge < -0.3 is 14.8 Å². The number of amides is 2. The van der Waals surface area contributed by atoms with Crippen LogP contribution in [0.2, 0.25) is 0 Å². The molecule has 2 aromatic heterocycles. The van der Waals surface area contributed by atoms with E-state index in [0.29, 0.717) is 6.54 Å². The van der Waals surface area contributed by atoms with Gasteiger partial charge in [-0.2, -0.15) is 0 Å². The smallest absolute Gasteiger partial charge is 0.322 e. The van der Waals surface area contributed by atoms with Crippen LogP contribution in [0.3, 0.4) is 0 Å². The van der Waals surface area contributed by atoms with E-state index >= 15 is 0 Å². The summed E-state index contributed by atoms with van der Waals surface area (Å²) < 4.78 is 2.21. The second-order valence-corrected chi connectivity index (χ2v) is 6.74. The third kappa shape index (κ3) is 2.96. The molecule has 0 bridgehead atoms. The van der Waals surface area contributed by atoms with Gasteiger partial charge in [0, 0.05) is 43.1 Å². The van der Waals surface area contributed by atoms with Gasteiger partial charge in [-0.1, -0.05) is 12.1 Å². The van der Waals surface area contributed by atoms with Gasteiger partial charge >= 0.3 is 6.03 Å². The first-order valence-corrected chi connectivity index (χ1v) is 8.83. The highest BCUT2D eigenvalue weighted by Crippen LogP contribution is 2.32. The second-order valence-electron chi connectivity index (χ2n) is 6.74. The molecule has 0 saturated heterocycles. The summed E-state index contributed by atoms with van der Waals surface area (Å²) >= 11 is 0. The molecule has 1 aromatic carbocycles. The Morgan fingerprint density at radius 3 is 2.77 bits per heavy atom. The van der Waals surface area contributed by atoms with Crippen molar-refractivity contribution in [3.05, 3.63) is 83.4 Å². The molecule has 1 aliphatic rings. The van der Waals surface area contributed by atoms with Crippen molar-refractivity contribution in [3.63, 3.8) is 0 Å². The van der Waals surface area contributed by atoms with E-state index in [1.807, 2.05) is 47.5 Å². The normalized spacial score (nSPS) is 16.2. The molecule has 1 atom stereocenters. The average molecular weight is 346 g/mol. The summed E-state index contributed by atoms with van der Waals surface area (Å²) in [6.07, 6.45) is 5.66.